The Kier molecular flexibility index (Phi) is 6.23. The lowest BCUT2D eigenvalue weighted by molar-refractivity contribution is -0.138. The lowest BCUT2D eigenvalue weighted by Gasteiger charge is -2.19. The summed E-state index contributed by atoms with van der Waals surface area (Å²) < 4.78 is 17.9. The molecule has 3 N–H and O–H groups in total. The monoisotopic (exact) mass is 421 g/mol. The van der Waals surface area contributed by atoms with Gasteiger partial charge >= 0.3 is 5.97 Å². The Labute approximate surface area is 170 Å². The molecule has 1 aliphatic rings. The van der Waals surface area contributed by atoms with Crippen molar-refractivity contribution in [1.82, 2.24) is 10.3 Å². The molecule has 0 aliphatic carbocycles. The second-order valence-electron chi connectivity index (χ2n) is 7.04. The second kappa shape index (κ2) is 8.66. The first kappa shape index (κ1) is 20.9. The molecular formula is C19H20FN3O5S. The molecule has 1 unspecified atom stereocenters. The number of nitrogens with zero attached hydrogens (tertiary/aromatic N) is 1. The highest BCUT2D eigenvalue weighted by Crippen LogP contribution is 2.26. The van der Waals surface area contributed by atoms with E-state index in [1.807, 2.05) is 13.8 Å². The number of carbonyl (C=O) groups excluding carboxylic acids is 2. The number of hydrogen-bond acceptors (Lipinski definition) is 6. The van der Waals surface area contributed by atoms with Gasteiger partial charge in [0.15, 0.2) is 17.3 Å². The maximum atomic E-state index is 13.1. The summed E-state index contributed by atoms with van der Waals surface area (Å²) in [5.74, 6) is -2.56. The van der Waals surface area contributed by atoms with Gasteiger partial charge in [0.05, 0.1) is 5.69 Å². The third-order valence-electron chi connectivity index (χ3n) is 4.21. The largest absolute Gasteiger partial charge is 0.479 e. The maximum Gasteiger partial charge on any atom is 0.336 e. The average molecular weight is 421 g/mol. The first-order valence-corrected chi connectivity index (χ1v) is 9.83. The molecule has 29 heavy (non-hydrogen) atoms. The highest BCUT2D eigenvalue weighted by molar-refractivity contribution is 7.14. The number of carboxylic acid groups (broad SMARTS) is 1. The molecule has 2 heterocycles. The van der Waals surface area contributed by atoms with Crippen molar-refractivity contribution in [3.63, 3.8) is 0 Å². The maximum absolute atomic E-state index is 13.1. The fourth-order valence-corrected chi connectivity index (χ4v) is 3.46. The highest BCUT2D eigenvalue weighted by atomic mass is 32.1. The summed E-state index contributed by atoms with van der Waals surface area (Å²) in [6.45, 7) is 3.80. The van der Waals surface area contributed by atoms with Crippen LogP contribution in [0.2, 0.25) is 0 Å². The Hall–Kier alpha value is -2.85. The topological polar surface area (TPSA) is 121 Å². The molecule has 10 heteroatoms. The van der Waals surface area contributed by atoms with Crippen molar-refractivity contribution in [1.29, 1.82) is 0 Å². The van der Waals surface area contributed by atoms with Gasteiger partial charge in [-0.1, -0.05) is 13.8 Å². The molecule has 1 aliphatic heterocycles. The third kappa shape index (κ3) is 5.36. The van der Waals surface area contributed by atoms with Crippen LogP contribution in [0.1, 0.15) is 20.3 Å². The normalized spacial score (nSPS) is 18.9. The van der Waals surface area contributed by atoms with E-state index in [0.29, 0.717) is 22.8 Å². The zero-order valence-electron chi connectivity index (χ0n) is 15.7. The summed E-state index contributed by atoms with van der Waals surface area (Å²) in [5, 5.41) is 16.1. The fourth-order valence-electron chi connectivity index (χ4n) is 2.73. The second-order valence-corrected chi connectivity index (χ2v) is 7.90. The van der Waals surface area contributed by atoms with Gasteiger partial charge in [0.2, 0.25) is 5.91 Å². The minimum absolute atomic E-state index is 0.104. The van der Waals surface area contributed by atoms with Crippen molar-refractivity contribution in [2.45, 2.75) is 38.5 Å². The molecule has 3 rings (SSSR count). The van der Waals surface area contributed by atoms with Crippen LogP contribution in [0.5, 0.6) is 0 Å². The molecule has 1 saturated heterocycles. The van der Waals surface area contributed by atoms with E-state index >= 15 is 0 Å². The van der Waals surface area contributed by atoms with Gasteiger partial charge in [-0.3, -0.25) is 9.59 Å². The van der Waals surface area contributed by atoms with Gasteiger partial charge in [0, 0.05) is 10.9 Å². The van der Waals surface area contributed by atoms with Gasteiger partial charge in [-0.15, -0.1) is 11.3 Å². The lowest BCUT2D eigenvalue weighted by atomic mass is 10.0. The summed E-state index contributed by atoms with van der Waals surface area (Å²) >= 11 is 1.20. The molecule has 1 fully saturated rings. The van der Waals surface area contributed by atoms with Gasteiger partial charge < -0.3 is 20.5 Å². The Balaban J connectivity index is 1.65. The number of hydrogen-bond donors (Lipinski definition) is 3. The molecular weight excluding hydrogens is 401 g/mol. The quantitative estimate of drug-likeness (QED) is 0.562. The Bertz CT molecular complexity index is 915. The number of anilines is 1. The van der Waals surface area contributed by atoms with Gasteiger partial charge in [0.1, 0.15) is 11.9 Å². The molecule has 2 aromatic rings. The van der Waals surface area contributed by atoms with Crippen LogP contribution >= 0.6 is 11.3 Å². The zero-order valence-corrected chi connectivity index (χ0v) is 16.5. The van der Waals surface area contributed by atoms with Crippen LogP contribution in [0.15, 0.2) is 29.6 Å². The highest BCUT2D eigenvalue weighted by Gasteiger charge is 2.51. The minimum Gasteiger partial charge on any atom is -0.479 e. The molecule has 0 bridgehead atoms. The summed E-state index contributed by atoms with van der Waals surface area (Å²) in [5.41, 5.74) is 1.30. The average Bonchev–Trinajstić information content (AvgIpc) is 3.34. The molecule has 0 saturated carbocycles. The number of amides is 2. The van der Waals surface area contributed by atoms with Gasteiger partial charge in [-0.2, -0.15) is 0 Å². The van der Waals surface area contributed by atoms with Crippen LogP contribution in [0, 0.1) is 11.7 Å². The Morgan fingerprint density at radius 1 is 1.24 bits per heavy atom. The van der Waals surface area contributed by atoms with E-state index in [2.05, 4.69) is 15.6 Å². The van der Waals surface area contributed by atoms with Gasteiger partial charge in [-0.05, 0) is 36.6 Å². The van der Waals surface area contributed by atoms with E-state index in [9.17, 15) is 18.8 Å². The third-order valence-corrected chi connectivity index (χ3v) is 4.97. The number of aliphatic carboxylic acids is 1. The van der Waals surface area contributed by atoms with Crippen LogP contribution in [0.25, 0.3) is 11.3 Å². The molecule has 0 radical (unpaired) electrons. The van der Waals surface area contributed by atoms with E-state index < -0.39 is 36.0 Å². The number of aromatic nitrogens is 1. The van der Waals surface area contributed by atoms with E-state index in [1.165, 1.54) is 23.5 Å². The number of benzene rings is 1. The van der Waals surface area contributed by atoms with E-state index in [0.717, 1.165) is 0 Å². The van der Waals surface area contributed by atoms with E-state index in [-0.39, 0.29) is 11.7 Å². The van der Waals surface area contributed by atoms with Gasteiger partial charge in [0.25, 0.3) is 5.91 Å². The van der Waals surface area contributed by atoms with Crippen LogP contribution in [-0.4, -0.2) is 46.1 Å². The number of thiazole rings is 1. The number of carbonyl (C=O) groups is 3. The van der Waals surface area contributed by atoms with Gasteiger partial charge in [-0.25, -0.2) is 14.2 Å². The summed E-state index contributed by atoms with van der Waals surface area (Å²) in [7, 11) is 0. The van der Waals surface area contributed by atoms with Crippen molar-refractivity contribution < 1.29 is 28.6 Å². The predicted octanol–water partition coefficient (Wildman–Crippen LogP) is 2.27. The van der Waals surface area contributed by atoms with Crippen LogP contribution in [0.4, 0.5) is 9.52 Å². The summed E-state index contributed by atoms with van der Waals surface area (Å²) in [4.78, 5) is 40.0. The van der Waals surface area contributed by atoms with E-state index in [1.54, 1.807) is 17.5 Å². The number of nitrogens with one attached hydrogen (secondary N) is 2. The summed E-state index contributed by atoms with van der Waals surface area (Å²) in [6, 6.07) is 4.97. The molecule has 3 atom stereocenters. The SMILES string of the molecule is CC(C)CC(NC(=O)[C@H]1O[C@@H]1C(=O)O)C(=O)Nc1nc(-c2ccc(F)cc2)cs1. The number of ether oxygens (including phenoxy) is 1. The first-order valence-electron chi connectivity index (χ1n) is 8.95. The Morgan fingerprint density at radius 3 is 2.52 bits per heavy atom. The Morgan fingerprint density at radius 2 is 1.93 bits per heavy atom. The smallest absolute Gasteiger partial charge is 0.336 e. The lowest BCUT2D eigenvalue weighted by Crippen LogP contribution is -2.46. The van der Waals surface area contributed by atoms with Crippen molar-refractivity contribution >= 4 is 34.3 Å². The molecule has 0 spiro atoms. The zero-order chi connectivity index (χ0) is 21.1. The van der Waals surface area contributed by atoms with E-state index in [4.69, 9.17) is 9.84 Å². The molecule has 154 valence electrons. The molecule has 1 aromatic heterocycles. The standard InChI is InChI=1S/C19H20FN3O5S/c1-9(2)7-12(21-17(25)14-15(28-14)18(26)27)16(24)23-19-22-13(8-29-19)10-3-5-11(20)6-4-10/h3-6,8-9,12,14-15H,7H2,1-2H3,(H,21,25)(H,26,27)(H,22,23,24)/t12?,14-,15-/m0/s1. The molecule has 2 amide bonds. The van der Waals surface area contributed by atoms with Crippen molar-refractivity contribution in [3.8, 4) is 11.3 Å². The van der Waals surface area contributed by atoms with Crippen molar-refractivity contribution in [2.75, 3.05) is 5.32 Å². The molecule has 8 nitrogen and oxygen atoms in total. The number of epoxide rings is 1. The summed E-state index contributed by atoms with van der Waals surface area (Å²) in [6.07, 6.45) is -1.90. The molecule has 1 aromatic carbocycles. The van der Waals surface area contributed by atoms with Crippen LogP contribution in [-0.2, 0) is 19.1 Å². The fraction of sp³-hybridized carbons (Fsp3) is 0.368. The van der Waals surface area contributed by atoms with Crippen molar-refractivity contribution in [2.24, 2.45) is 5.92 Å². The van der Waals surface area contributed by atoms with Crippen molar-refractivity contribution in [3.05, 3.63) is 35.5 Å². The predicted molar refractivity (Wildman–Crippen MR) is 104 cm³/mol. The van der Waals surface area contributed by atoms with Crippen LogP contribution < -0.4 is 10.6 Å². The number of carboxylic acids is 1. The first-order chi connectivity index (χ1) is 13.7. The number of halogens is 1. The minimum atomic E-state index is -1.22. The number of rotatable bonds is 8. The van der Waals surface area contributed by atoms with Crippen LogP contribution in [0.3, 0.4) is 0 Å².